The van der Waals surface area contributed by atoms with Crippen LogP contribution in [0.2, 0.25) is 5.02 Å². The van der Waals surface area contributed by atoms with Crippen molar-refractivity contribution in [1.29, 1.82) is 0 Å². The monoisotopic (exact) mass is 319 g/mol. The molecule has 22 heavy (non-hydrogen) atoms. The molecule has 116 valence electrons. The van der Waals surface area contributed by atoms with Gasteiger partial charge in [-0.25, -0.2) is 4.98 Å². The van der Waals surface area contributed by atoms with Crippen molar-refractivity contribution in [2.45, 2.75) is 25.5 Å². The molecular formula is C16H18ClN3O2. The van der Waals surface area contributed by atoms with E-state index in [1.54, 1.807) is 7.11 Å². The summed E-state index contributed by atoms with van der Waals surface area (Å²) in [5.41, 5.74) is 7.41. The smallest absolute Gasteiger partial charge is 0.240 e. The van der Waals surface area contributed by atoms with E-state index in [9.17, 15) is 4.79 Å². The van der Waals surface area contributed by atoms with Gasteiger partial charge >= 0.3 is 0 Å². The Bertz CT molecular complexity index is 735. The maximum absolute atomic E-state index is 11.7. The van der Waals surface area contributed by atoms with E-state index in [0.717, 1.165) is 22.3 Å². The van der Waals surface area contributed by atoms with Gasteiger partial charge in [0.1, 0.15) is 11.9 Å². The van der Waals surface area contributed by atoms with Crippen molar-refractivity contribution in [2.75, 3.05) is 18.6 Å². The molecule has 2 heterocycles. The Morgan fingerprint density at radius 2 is 2.18 bits per heavy atom. The molecule has 2 atom stereocenters. The molecule has 6 heteroatoms. The fraction of sp³-hybridized carbons (Fsp3) is 0.375. The molecule has 0 bridgehead atoms. The Balaban J connectivity index is 2.06. The number of hydrogen-bond acceptors (Lipinski definition) is 4. The van der Waals surface area contributed by atoms with Crippen LogP contribution in [0.5, 0.6) is 0 Å². The molecule has 0 unspecified atom stereocenters. The molecule has 0 radical (unpaired) electrons. The van der Waals surface area contributed by atoms with Gasteiger partial charge in [0.05, 0.1) is 11.6 Å². The number of aromatic nitrogens is 1. The van der Waals surface area contributed by atoms with Gasteiger partial charge in [0, 0.05) is 30.5 Å². The molecule has 0 aliphatic carbocycles. The number of benzene rings is 1. The van der Waals surface area contributed by atoms with Crippen molar-refractivity contribution in [3.05, 3.63) is 34.9 Å². The van der Waals surface area contributed by atoms with Gasteiger partial charge in [0.2, 0.25) is 5.91 Å². The van der Waals surface area contributed by atoms with Crippen LogP contribution in [0.15, 0.2) is 24.3 Å². The number of fused-ring (bicyclic) bond motifs is 1. The summed E-state index contributed by atoms with van der Waals surface area (Å²) >= 11 is 6.22. The fourth-order valence-electron chi connectivity index (χ4n) is 2.96. The third kappa shape index (κ3) is 2.51. The molecule has 0 saturated carbocycles. The van der Waals surface area contributed by atoms with Crippen LogP contribution >= 0.6 is 11.6 Å². The van der Waals surface area contributed by atoms with E-state index in [-0.39, 0.29) is 12.0 Å². The van der Waals surface area contributed by atoms with Crippen LogP contribution in [0.1, 0.15) is 12.0 Å². The normalized spacial score (nSPS) is 21.5. The third-order valence-electron chi connectivity index (χ3n) is 4.21. The average molecular weight is 320 g/mol. The second-order valence-electron chi connectivity index (χ2n) is 5.59. The molecule has 1 amide bonds. The van der Waals surface area contributed by atoms with Gasteiger partial charge < -0.3 is 15.4 Å². The standard InChI is InChI=1S/C16H18ClN3O2/c1-9-3-5-12(17)11-4-6-14(19-15(9)11)20-8-10(22-2)7-13(20)16(18)21/h3-6,10,13H,7-8H2,1-2H3,(H2,18,21)/t10-,13-/m0/s1. The minimum atomic E-state index is -0.394. The summed E-state index contributed by atoms with van der Waals surface area (Å²) in [5.74, 6) is 0.366. The number of anilines is 1. The first-order chi connectivity index (χ1) is 10.5. The second kappa shape index (κ2) is 5.74. The Hall–Kier alpha value is -1.85. The zero-order chi connectivity index (χ0) is 15.9. The lowest BCUT2D eigenvalue weighted by Crippen LogP contribution is -2.40. The van der Waals surface area contributed by atoms with E-state index >= 15 is 0 Å². The van der Waals surface area contributed by atoms with Crippen LogP contribution in [0.3, 0.4) is 0 Å². The fourth-order valence-corrected chi connectivity index (χ4v) is 3.18. The van der Waals surface area contributed by atoms with Gasteiger partial charge in [0.25, 0.3) is 0 Å². The number of rotatable bonds is 3. The summed E-state index contributed by atoms with van der Waals surface area (Å²) in [7, 11) is 1.64. The molecule has 0 spiro atoms. The molecular weight excluding hydrogens is 302 g/mol. The lowest BCUT2D eigenvalue weighted by atomic mass is 10.1. The lowest BCUT2D eigenvalue weighted by Gasteiger charge is -2.23. The predicted octanol–water partition coefficient (Wildman–Crippen LogP) is 2.28. The molecule has 2 N–H and O–H groups in total. The number of primary amides is 1. The van der Waals surface area contributed by atoms with E-state index in [2.05, 4.69) is 0 Å². The van der Waals surface area contributed by atoms with Crippen LogP contribution < -0.4 is 10.6 Å². The third-order valence-corrected chi connectivity index (χ3v) is 4.54. The molecule has 1 aromatic carbocycles. The first-order valence-electron chi connectivity index (χ1n) is 7.16. The average Bonchev–Trinajstić information content (AvgIpc) is 2.95. The van der Waals surface area contributed by atoms with Gasteiger partial charge in [-0.05, 0) is 30.7 Å². The molecule has 1 aliphatic heterocycles. The van der Waals surface area contributed by atoms with E-state index in [4.69, 9.17) is 27.1 Å². The number of methoxy groups -OCH3 is 1. The molecule has 1 aliphatic rings. The number of nitrogens with zero attached hydrogens (tertiary/aromatic N) is 2. The summed E-state index contributed by atoms with van der Waals surface area (Å²) in [6.07, 6.45) is 0.565. The number of halogens is 1. The number of carbonyl (C=O) groups is 1. The van der Waals surface area contributed by atoms with Crippen LogP contribution in [0.4, 0.5) is 5.82 Å². The largest absolute Gasteiger partial charge is 0.380 e. The van der Waals surface area contributed by atoms with Crippen molar-refractivity contribution in [3.8, 4) is 0 Å². The first kappa shape index (κ1) is 15.1. The van der Waals surface area contributed by atoms with Gasteiger partial charge in [-0.2, -0.15) is 0 Å². The van der Waals surface area contributed by atoms with Gasteiger partial charge in [0.15, 0.2) is 0 Å². The number of aryl methyl sites for hydroxylation is 1. The van der Waals surface area contributed by atoms with Crippen molar-refractivity contribution >= 4 is 34.2 Å². The highest BCUT2D eigenvalue weighted by Crippen LogP contribution is 2.30. The lowest BCUT2D eigenvalue weighted by molar-refractivity contribution is -0.119. The van der Waals surface area contributed by atoms with Gasteiger partial charge in [-0.15, -0.1) is 0 Å². The molecule has 2 aromatic rings. The number of nitrogens with two attached hydrogens (primary N) is 1. The van der Waals surface area contributed by atoms with E-state index in [0.29, 0.717) is 18.0 Å². The maximum Gasteiger partial charge on any atom is 0.240 e. The van der Waals surface area contributed by atoms with E-state index in [1.165, 1.54) is 0 Å². The Morgan fingerprint density at radius 1 is 1.41 bits per heavy atom. The second-order valence-corrected chi connectivity index (χ2v) is 6.00. The van der Waals surface area contributed by atoms with Crippen molar-refractivity contribution < 1.29 is 9.53 Å². The molecule has 1 fully saturated rings. The topological polar surface area (TPSA) is 68.5 Å². The Kier molecular flexibility index (Phi) is 3.93. The first-order valence-corrected chi connectivity index (χ1v) is 7.53. The van der Waals surface area contributed by atoms with Crippen molar-refractivity contribution in [2.24, 2.45) is 5.73 Å². The van der Waals surface area contributed by atoms with Gasteiger partial charge in [-0.3, -0.25) is 4.79 Å². The summed E-state index contributed by atoms with van der Waals surface area (Å²) < 4.78 is 5.38. The van der Waals surface area contributed by atoms with Crippen LogP contribution in [0.25, 0.3) is 10.9 Å². The van der Waals surface area contributed by atoms with Crippen LogP contribution in [-0.2, 0) is 9.53 Å². The number of hydrogen-bond donors (Lipinski definition) is 1. The van der Waals surface area contributed by atoms with Crippen molar-refractivity contribution in [3.63, 3.8) is 0 Å². The summed E-state index contributed by atoms with van der Waals surface area (Å²) in [5, 5.41) is 1.57. The van der Waals surface area contributed by atoms with E-state index in [1.807, 2.05) is 36.1 Å². The molecule has 3 rings (SSSR count). The summed E-state index contributed by atoms with van der Waals surface area (Å²) in [4.78, 5) is 18.3. The highest BCUT2D eigenvalue weighted by atomic mass is 35.5. The Morgan fingerprint density at radius 3 is 2.86 bits per heavy atom. The molecule has 1 aromatic heterocycles. The minimum Gasteiger partial charge on any atom is -0.380 e. The Labute approximate surface area is 134 Å². The molecule has 5 nitrogen and oxygen atoms in total. The van der Waals surface area contributed by atoms with Crippen LogP contribution in [0, 0.1) is 6.92 Å². The zero-order valence-electron chi connectivity index (χ0n) is 12.5. The minimum absolute atomic E-state index is 0.0181. The number of amides is 1. The molecule has 1 saturated heterocycles. The predicted molar refractivity (Wildman–Crippen MR) is 87.2 cm³/mol. The van der Waals surface area contributed by atoms with Gasteiger partial charge in [-0.1, -0.05) is 17.7 Å². The number of carbonyl (C=O) groups excluding carboxylic acids is 1. The van der Waals surface area contributed by atoms with Crippen LogP contribution in [-0.4, -0.2) is 36.7 Å². The summed E-state index contributed by atoms with van der Waals surface area (Å²) in [6.45, 7) is 2.59. The van der Waals surface area contributed by atoms with Crippen molar-refractivity contribution in [1.82, 2.24) is 4.98 Å². The number of ether oxygens (including phenoxy) is 1. The van der Waals surface area contributed by atoms with E-state index < -0.39 is 6.04 Å². The quantitative estimate of drug-likeness (QED) is 0.942. The summed E-state index contributed by atoms with van der Waals surface area (Å²) in [6, 6.07) is 7.22. The number of pyridine rings is 1. The zero-order valence-corrected chi connectivity index (χ0v) is 13.3. The highest BCUT2D eigenvalue weighted by Gasteiger charge is 2.36. The SMILES string of the molecule is CO[C@H]1C[C@@H](C(N)=O)N(c2ccc3c(Cl)ccc(C)c3n2)C1. The maximum atomic E-state index is 11.7. The highest BCUT2D eigenvalue weighted by molar-refractivity contribution is 6.35.